The topological polar surface area (TPSA) is 29.5 Å². The minimum atomic E-state index is -0.440. The minimum Gasteiger partial charge on any atom is -0.494 e. The van der Waals surface area contributed by atoms with Gasteiger partial charge >= 0.3 is 0 Å². The smallest absolute Gasteiger partial charge is 0.122 e. The molecule has 0 fully saturated rings. The number of aryl methyl sites for hydroxylation is 1. The summed E-state index contributed by atoms with van der Waals surface area (Å²) in [7, 11) is 0. The predicted octanol–water partition coefficient (Wildman–Crippen LogP) is 2.82. The molecule has 3 heteroatoms. The zero-order valence-electron chi connectivity index (χ0n) is 8.46. The van der Waals surface area contributed by atoms with Gasteiger partial charge in [0, 0.05) is 5.33 Å². The van der Waals surface area contributed by atoms with Crippen molar-refractivity contribution >= 4 is 15.9 Å². The lowest BCUT2D eigenvalue weighted by Crippen LogP contribution is -2.00. The summed E-state index contributed by atoms with van der Waals surface area (Å²) in [5.41, 5.74) is 1.98. The van der Waals surface area contributed by atoms with Crippen LogP contribution < -0.4 is 4.74 Å². The fourth-order valence-electron chi connectivity index (χ4n) is 1.29. The van der Waals surface area contributed by atoms with Crippen molar-refractivity contribution in [2.75, 3.05) is 11.9 Å². The maximum Gasteiger partial charge on any atom is 0.122 e. The lowest BCUT2D eigenvalue weighted by atomic mass is 10.1. The summed E-state index contributed by atoms with van der Waals surface area (Å²) in [5.74, 6) is 0.887. The lowest BCUT2D eigenvalue weighted by molar-refractivity contribution is 0.205. The summed E-state index contributed by atoms with van der Waals surface area (Å²) in [4.78, 5) is 0. The highest BCUT2D eigenvalue weighted by atomic mass is 79.9. The van der Waals surface area contributed by atoms with Crippen molar-refractivity contribution in [3.05, 3.63) is 29.3 Å². The van der Waals surface area contributed by atoms with Gasteiger partial charge in [0.05, 0.1) is 12.7 Å². The largest absolute Gasteiger partial charge is 0.494 e. The van der Waals surface area contributed by atoms with Gasteiger partial charge in [-0.2, -0.15) is 0 Å². The quantitative estimate of drug-likeness (QED) is 0.842. The van der Waals surface area contributed by atoms with Gasteiger partial charge in [-0.05, 0) is 37.1 Å². The van der Waals surface area contributed by atoms with Crippen molar-refractivity contribution in [3.63, 3.8) is 0 Å². The van der Waals surface area contributed by atoms with Crippen LogP contribution >= 0.6 is 15.9 Å². The van der Waals surface area contributed by atoms with E-state index in [4.69, 9.17) is 4.74 Å². The molecule has 14 heavy (non-hydrogen) atoms. The van der Waals surface area contributed by atoms with Crippen LogP contribution in [-0.4, -0.2) is 17.0 Å². The number of rotatable bonds is 4. The van der Waals surface area contributed by atoms with Gasteiger partial charge in [-0.3, -0.25) is 0 Å². The van der Waals surface area contributed by atoms with Gasteiger partial charge in [0.1, 0.15) is 5.75 Å². The Morgan fingerprint density at radius 1 is 1.50 bits per heavy atom. The first kappa shape index (κ1) is 11.5. The molecule has 0 radical (unpaired) electrons. The molecule has 0 amide bonds. The monoisotopic (exact) mass is 258 g/mol. The Labute approximate surface area is 93.0 Å². The normalized spacial score (nSPS) is 12.6. The van der Waals surface area contributed by atoms with Gasteiger partial charge in [-0.1, -0.05) is 22.0 Å². The third kappa shape index (κ3) is 2.72. The summed E-state index contributed by atoms with van der Waals surface area (Å²) in [5, 5.41) is 10.1. The molecule has 1 aromatic rings. The summed E-state index contributed by atoms with van der Waals surface area (Å²) < 4.78 is 5.41. The molecule has 1 atom stereocenters. The molecule has 0 heterocycles. The van der Waals surface area contributed by atoms with Crippen molar-refractivity contribution in [1.29, 1.82) is 0 Å². The van der Waals surface area contributed by atoms with Crippen molar-refractivity contribution < 1.29 is 9.84 Å². The summed E-state index contributed by atoms with van der Waals surface area (Å²) in [6.45, 7) is 4.61. The van der Waals surface area contributed by atoms with Crippen LogP contribution in [0.15, 0.2) is 18.2 Å². The lowest BCUT2D eigenvalue weighted by Gasteiger charge is -2.11. The fraction of sp³-hybridized carbons (Fsp3) is 0.455. The van der Waals surface area contributed by atoms with Crippen LogP contribution in [0.4, 0.5) is 0 Å². The Morgan fingerprint density at radius 3 is 2.71 bits per heavy atom. The highest BCUT2D eigenvalue weighted by Gasteiger charge is 2.07. The van der Waals surface area contributed by atoms with Gasteiger partial charge in [0.15, 0.2) is 0 Å². The fourth-order valence-corrected chi connectivity index (χ4v) is 1.66. The summed E-state index contributed by atoms with van der Waals surface area (Å²) in [6.07, 6.45) is -0.440. The second kappa shape index (κ2) is 5.37. The molecule has 2 nitrogen and oxygen atoms in total. The number of aliphatic hydroxyl groups excluding tert-OH is 1. The Balaban J connectivity index is 2.88. The molecule has 0 aliphatic carbocycles. The van der Waals surface area contributed by atoms with E-state index in [1.165, 1.54) is 0 Å². The van der Waals surface area contributed by atoms with Crippen molar-refractivity contribution in [2.45, 2.75) is 20.0 Å². The van der Waals surface area contributed by atoms with E-state index < -0.39 is 6.10 Å². The molecule has 1 unspecified atom stereocenters. The van der Waals surface area contributed by atoms with E-state index in [0.29, 0.717) is 11.9 Å². The van der Waals surface area contributed by atoms with E-state index in [-0.39, 0.29) is 0 Å². The van der Waals surface area contributed by atoms with E-state index in [1.807, 2.05) is 32.0 Å². The van der Waals surface area contributed by atoms with E-state index in [0.717, 1.165) is 16.9 Å². The number of aliphatic hydroxyl groups is 1. The first-order valence-corrected chi connectivity index (χ1v) is 5.78. The second-order valence-corrected chi connectivity index (χ2v) is 3.78. The number of ether oxygens (including phenoxy) is 1. The molecular weight excluding hydrogens is 244 g/mol. The maximum atomic E-state index is 9.59. The van der Waals surface area contributed by atoms with Gasteiger partial charge in [-0.25, -0.2) is 0 Å². The number of hydrogen-bond donors (Lipinski definition) is 1. The number of benzene rings is 1. The van der Waals surface area contributed by atoms with Crippen LogP contribution in [0.1, 0.15) is 24.2 Å². The molecular formula is C11H15BrO2. The molecule has 1 aromatic carbocycles. The SMILES string of the molecule is CCOc1ccc(C(O)CBr)cc1C. The van der Waals surface area contributed by atoms with Crippen LogP contribution in [0.3, 0.4) is 0 Å². The third-order valence-electron chi connectivity index (χ3n) is 2.03. The molecule has 0 spiro atoms. The standard InChI is InChI=1S/C11H15BrO2/c1-3-14-11-5-4-9(6-8(11)2)10(13)7-12/h4-6,10,13H,3,7H2,1-2H3. The van der Waals surface area contributed by atoms with E-state index >= 15 is 0 Å². The van der Waals surface area contributed by atoms with E-state index in [2.05, 4.69) is 15.9 Å². The highest BCUT2D eigenvalue weighted by Crippen LogP contribution is 2.23. The minimum absolute atomic E-state index is 0.440. The molecule has 0 saturated heterocycles. The molecule has 78 valence electrons. The van der Waals surface area contributed by atoms with Crippen LogP contribution in [0.5, 0.6) is 5.75 Å². The average Bonchev–Trinajstić information content (AvgIpc) is 2.20. The van der Waals surface area contributed by atoms with Crippen LogP contribution in [-0.2, 0) is 0 Å². The van der Waals surface area contributed by atoms with Gasteiger partial charge < -0.3 is 9.84 Å². The van der Waals surface area contributed by atoms with Gasteiger partial charge in [-0.15, -0.1) is 0 Å². The summed E-state index contributed by atoms with van der Waals surface area (Å²) in [6, 6.07) is 5.75. The maximum absolute atomic E-state index is 9.59. The second-order valence-electron chi connectivity index (χ2n) is 3.13. The van der Waals surface area contributed by atoms with Gasteiger partial charge in [0.2, 0.25) is 0 Å². The average molecular weight is 259 g/mol. The number of alkyl halides is 1. The Kier molecular flexibility index (Phi) is 4.42. The predicted molar refractivity (Wildman–Crippen MR) is 61.1 cm³/mol. The van der Waals surface area contributed by atoms with Gasteiger partial charge in [0.25, 0.3) is 0 Å². The molecule has 0 aliphatic heterocycles. The molecule has 1 rings (SSSR count). The van der Waals surface area contributed by atoms with Crippen molar-refractivity contribution in [1.82, 2.24) is 0 Å². The Morgan fingerprint density at radius 2 is 2.21 bits per heavy atom. The molecule has 0 bridgehead atoms. The van der Waals surface area contributed by atoms with E-state index in [1.54, 1.807) is 0 Å². The van der Waals surface area contributed by atoms with Crippen molar-refractivity contribution in [2.24, 2.45) is 0 Å². The Hall–Kier alpha value is -0.540. The number of halogens is 1. The Bertz CT molecular complexity index is 299. The van der Waals surface area contributed by atoms with Crippen LogP contribution in [0, 0.1) is 6.92 Å². The molecule has 0 aliphatic rings. The molecule has 0 aromatic heterocycles. The zero-order valence-corrected chi connectivity index (χ0v) is 10.0. The molecule has 1 N–H and O–H groups in total. The zero-order chi connectivity index (χ0) is 10.6. The summed E-state index contributed by atoms with van der Waals surface area (Å²) >= 11 is 3.24. The first-order chi connectivity index (χ1) is 6.69. The van der Waals surface area contributed by atoms with Crippen molar-refractivity contribution in [3.8, 4) is 5.75 Å². The van der Waals surface area contributed by atoms with Crippen LogP contribution in [0.2, 0.25) is 0 Å². The highest BCUT2D eigenvalue weighted by molar-refractivity contribution is 9.09. The van der Waals surface area contributed by atoms with Crippen LogP contribution in [0.25, 0.3) is 0 Å². The number of hydrogen-bond acceptors (Lipinski definition) is 2. The first-order valence-electron chi connectivity index (χ1n) is 4.66. The third-order valence-corrected chi connectivity index (χ3v) is 2.64. The molecule has 0 saturated carbocycles. The van der Waals surface area contributed by atoms with E-state index in [9.17, 15) is 5.11 Å².